The zero-order chi connectivity index (χ0) is 16.3. The van der Waals surface area contributed by atoms with Gasteiger partial charge in [0, 0.05) is 0 Å². The summed E-state index contributed by atoms with van der Waals surface area (Å²) in [5, 5.41) is 9.91. The van der Waals surface area contributed by atoms with E-state index in [-0.39, 0.29) is 12.1 Å². The Morgan fingerprint density at radius 2 is 1.26 bits per heavy atom. The van der Waals surface area contributed by atoms with E-state index < -0.39 is 12.6 Å². The number of nitrogens with two attached hydrogens (primary N) is 1. The van der Waals surface area contributed by atoms with Crippen LogP contribution in [0.4, 0.5) is 0 Å². The normalized spacial score (nSPS) is 32.1. The van der Waals surface area contributed by atoms with Gasteiger partial charge in [-0.15, -0.1) is 0 Å². The summed E-state index contributed by atoms with van der Waals surface area (Å²) in [5.41, 5.74) is 5.48. The first-order chi connectivity index (χ1) is 11.3. The van der Waals surface area contributed by atoms with Crippen molar-refractivity contribution in [3.63, 3.8) is 0 Å². The Hall–Kier alpha value is -0.320. The van der Waals surface area contributed by atoms with E-state index >= 15 is 0 Å². The molecule has 0 unspecified atom stereocenters. The zero-order valence-electron chi connectivity index (χ0n) is 14.1. The van der Waals surface area contributed by atoms with Gasteiger partial charge in [-0.1, -0.05) is 0 Å². The summed E-state index contributed by atoms with van der Waals surface area (Å²) in [7, 11) is 1.96. The molecule has 2 fully saturated rings. The summed E-state index contributed by atoms with van der Waals surface area (Å²) in [6.45, 7) is 5.98. The van der Waals surface area contributed by atoms with E-state index in [2.05, 4.69) is 16.0 Å². The molecule has 0 aliphatic carbocycles. The Morgan fingerprint density at radius 3 is 1.70 bits per heavy atom. The molecule has 0 radical (unpaired) electrons. The fourth-order valence-corrected chi connectivity index (χ4v) is 2.57. The second-order valence-electron chi connectivity index (χ2n) is 5.97. The summed E-state index contributed by atoms with van der Waals surface area (Å²) in [6.07, 6.45) is 1.17. The molecular weight excluding hydrogens is 300 g/mol. The SMILES string of the molecule is CNCCCNC1COC(C2OCC(NCCCN)CO2)OC1. The molecule has 0 bridgehead atoms. The molecule has 0 atom stereocenters. The molecule has 2 aliphatic heterocycles. The minimum Gasteiger partial charge on any atom is -0.346 e. The quantitative estimate of drug-likeness (QED) is 0.363. The summed E-state index contributed by atoms with van der Waals surface area (Å²) < 4.78 is 22.9. The summed E-state index contributed by atoms with van der Waals surface area (Å²) in [5.74, 6) is 0. The van der Waals surface area contributed by atoms with Crippen LogP contribution in [0.1, 0.15) is 12.8 Å². The van der Waals surface area contributed by atoms with E-state index in [1.165, 1.54) is 0 Å². The lowest BCUT2D eigenvalue weighted by Crippen LogP contribution is -2.53. The molecule has 0 saturated carbocycles. The first-order valence-electron chi connectivity index (χ1n) is 8.61. The molecule has 5 N–H and O–H groups in total. The van der Waals surface area contributed by atoms with Crippen LogP contribution in [0.25, 0.3) is 0 Å². The van der Waals surface area contributed by atoms with Gasteiger partial charge in [0.1, 0.15) is 0 Å². The summed E-state index contributed by atoms with van der Waals surface area (Å²) in [4.78, 5) is 0. The number of ether oxygens (including phenoxy) is 4. The van der Waals surface area contributed by atoms with Gasteiger partial charge in [-0.3, -0.25) is 0 Å². The maximum atomic E-state index is 5.73. The molecule has 23 heavy (non-hydrogen) atoms. The van der Waals surface area contributed by atoms with Crippen molar-refractivity contribution in [2.75, 3.05) is 59.7 Å². The van der Waals surface area contributed by atoms with Gasteiger partial charge in [-0.05, 0) is 46.1 Å². The fraction of sp³-hybridized carbons (Fsp3) is 1.00. The first-order valence-corrected chi connectivity index (χ1v) is 8.61. The minimum absolute atomic E-state index is 0.211. The maximum absolute atomic E-state index is 5.73. The monoisotopic (exact) mass is 332 g/mol. The Labute approximate surface area is 138 Å². The summed E-state index contributed by atoms with van der Waals surface area (Å²) in [6, 6.07) is 0.445. The van der Waals surface area contributed by atoms with E-state index in [9.17, 15) is 0 Å². The fourth-order valence-electron chi connectivity index (χ4n) is 2.57. The van der Waals surface area contributed by atoms with Crippen LogP contribution in [0.2, 0.25) is 0 Å². The minimum atomic E-state index is -0.437. The van der Waals surface area contributed by atoms with Crippen molar-refractivity contribution >= 4 is 0 Å². The topological polar surface area (TPSA) is 99.0 Å². The van der Waals surface area contributed by atoms with Crippen LogP contribution in [0.3, 0.4) is 0 Å². The van der Waals surface area contributed by atoms with Gasteiger partial charge < -0.3 is 40.6 Å². The van der Waals surface area contributed by atoms with E-state index in [0.29, 0.717) is 33.0 Å². The van der Waals surface area contributed by atoms with Crippen molar-refractivity contribution in [1.82, 2.24) is 16.0 Å². The number of hydrogen-bond donors (Lipinski definition) is 4. The predicted molar refractivity (Wildman–Crippen MR) is 87.2 cm³/mol. The lowest BCUT2D eigenvalue weighted by atomic mass is 10.2. The van der Waals surface area contributed by atoms with Crippen LogP contribution >= 0.6 is 0 Å². The van der Waals surface area contributed by atoms with Crippen LogP contribution in [0, 0.1) is 0 Å². The van der Waals surface area contributed by atoms with Gasteiger partial charge in [0.15, 0.2) is 0 Å². The van der Waals surface area contributed by atoms with E-state index in [1.807, 2.05) is 7.05 Å². The summed E-state index contributed by atoms with van der Waals surface area (Å²) >= 11 is 0. The first kappa shape index (κ1) is 19.0. The second kappa shape index (κ2) is 11.3. The number of nitrogens with one attached hydrogen (secondary N) is 3. The third-order valence-corrected chi connectivity index (χ3v) is 3.92. The molecule has 8 nitrogen and oxygen atoms in total. The smallest absolute Gasteiger partial charge is 0.209 e. The molecule has 0 aromatic heterocycles. The van der Waals surface area contributed by atoms with Crippen molar-refractivity contribution in [2.24, 2.45) is 5.73 Å². The maximum Gasteiger partial charge on any atom is 0.209 e. The van der Waals surface area contributed by atoms with Gasteiger partial charge in [0.25, 0.3) is 0 Å². The molecule has 136 valence electrons. The molecule has 0 aromatic carbocycles. The zero-order valence-corrected chi connectivity index (χ0v) is 14.1. The lowest BCUT2D eigenvalue weighted by Gasteiger charge is -2.37. The average molecular weight is 332 g/mol. The lowest BCUT2D eigenvalue weighted by molar-refractivity contribution is -0.322. The molecule has 8 heteroatoms. The van der Waals surface area contributed by atoms with E-state index in [0.717, 1.165) is 32.5 Å². The van der Waals surface area contributed by atoms with Crippen LogP contribution in [-0.2, 0) is 18.9 Å². The third-order valence-electron chi connectivity index (χ3n) is 3.92. The Bertz CT molecular complexity index is 295. The van der Waals surface area contributed by atoms with Crippen LogP contribution in [-0.4, -0.2) is 84.3 Å². The van der Waals surface area contributed by atoms with Gasteiger partial charge in [-0.2, -0.15) is 0 Å². The third kappa shape index (κ3) is 6.98. The Kier molecular flexibility index (Phi) is 9.32. The van der Waals surface area contributed by atoms with Crippen LogP contribution in [0.5, 0.6) is 0 Å². The second-order valence-corrected chi connectivity index (χ2v) is 5.97. The van der Waals surface area contributed by atoms with Gasteiger partial charge in [0.2, 0.25) is 12.6 Å². The van der Waals surface area contributed by atoms with Crippen LogP contribution in [0.15, 0.2) is 0 Å². The van der Waals surface area contributed by atoms with Crippen molar-refractivity contribution in [3.8, 4) is 0 Å². The Balaban J connectivity index is 1.55. The average Bonchev–Trinajstić information content (AvgIpc) is 2.60. The predicted octanol–water partition coefficient (Wildman–Crippen LogP) is -1.39. The van der Waals surface area contributed by atoms with Gasteiger partial charge in [-0.25, -0.2) is 0 Å². The Morgan fingerprint density at radius 1 is 0.783 bits per heavy atom. The van der Waals surface area contributed by atoms with Gasteiger partial charge in [0.05, 0.1) is 38.5 Å². The molecular formula is C15H32N4O4. The molecule has 2 saturated heterocycles. The van der Waals surface area contributed by atoms with Crippen molar-refractivity contribution in [2.45, 2.75) is 37.5 Å². The van der Waals surface area contributed by atoms with Crippen molar-refractivity contribution in [1.29, 1.82) is 0 Å². The standard InChI is InChI=1S/C15H32N4O4/c1-17-5-3-7-19-13-10-22-15(23-11-13)14-20-8-12(9-21-14)18-6-2-4-16/h12-15,17-19H,2-11,16H2,1H3. The highest BCUT2D eigenvalue weighted by Crippen LogP contribution is 2.17. The van der Waals surface area contributed by atoms with Crippen molar-refractivity contribution in [3.05, 3.63) is 0 Å². The number of hydrogen-bond acceptors (Lipinski definition) is 8. The van der Waals surface area contributed by atoms with E-state index in [4.69, 9.17) is 24.7 Å². The molecule has 0 spiro atoms. The molecule has 0 aromatic rings. The van der Waals surface area contributed by atoms with Gasteiger partial charge >= 0.3 is 0 Å². The largest absolute Gasteiger partial charge is 0.346 e. The van der Waals surface area contributed by atoms with Crippen molar-refractivity contribution < 1.29 is 18.9 Å². The highest BCUT2D eigenvalue weighted by molar-refractivity contribution is 4.75. The highest BCUT2D eigenvalue weighted by Gasteiger charge is 2.34. The molecule has 0 amide bonds. The molecule has 2 heterocycles. The highest BCUT2D eigenvalue weighted by atomic mass is 16.8. The molecule has 2 rings (SSSR count). The van der Waals surface area contributed by atoms with E-state index in [1.54, 1.807) is 0 Å². The van der Waals surface area contributed by atoms with Crippen LogP contribution < -0.4 is 21.7 Å². The number of rotatable bonds is 10. The molecule has 2 aliphatic rings.